The minimum atomic E-state index is -1.42. The number of nitrogen functional groups attached to an aromatic ring is 1. The van der Waals surface area contributed by atoms with Gasteiger partial charge in [-0.25, -0.2) is 14.2 Å². The molecule has 0 unspecified atom stereocenters. The van der Waals surface area contributed by atoms with Gasteiger partial charge in [0, 0.05) is 0 Å². The van der Waals surface area contributed by atoms with Gasteiger partial charge in [-0.3, -0.25) is 0 Å². The zero-order valence-corrected chi connectivity index (χ0v) is 5.41. The number of carboxylic acids is 1. The summed E-state index contributed by atoms with van der Waals surface area (Å²) in [5, 5.41) is 8.33. The number of aromatic nitrogens is 1. The van der Waals surface area contributed by atoms with E-state index in [-0.39, 0.29) is 5.82 Å². The summed E-state index contributed by atoms with van der Waals surface area (Å²) in [4.78, 5) is 13.5. The molecule has 0 spiro atoms. The number of anilines is 1. The summed E-state index contributed by atoms with van der Waals surface area (Å²) in [5.41, 5.74) is 4.48. The number of pyridine rings is 1. The van der Waals surface area contributed by atoms with Crippen molar-refractivity contribution in [2.45, 2.75) is 0 Å². The number of nitrogens with zero attached hydrogens (tertiary/aromatic N) is 1. The standard InChI is InChI=1S/C6H5FN2O2/c7-3-1-2-4(8)9-5(3)6(10)11/h1-2H,(H2,8,9)(H,10,11). The van der Waals surface area contributed by atoms with Crippen molar-refractivity contribution in [2.75, 3.05) is 5.73 Å². The summed E-state index contributed by atoms with van der Waals surface area (Å²) in [6, 6.07) is 2.16. The predicted octanol–water partition coefficient (Wildman–Crippen LogP) is 0.501. The van der Waals surface area contributed by atoms with Gasteiger partial charge < -0.3 is 10.8 Å². The lowest BCUT2D eigenvalue weighted by Crippen LogP contribution is -2.05. The number of nitrogens with two attached hydrogens (primary N) is 1. The van der Waals surface area contributed by atoms with E-state index in [1.165, 1.54) is 6.07 Å². The molecule has 0 saturated carbocycles. The average Bonchev–Trinajstić information content (AvgIpc) is 1.94. The van der Waals surface area contributed by atoms with Crippen molar-refractivity contribution in [3.05, 3.63) is 23.6 Å². The van der Waals surface area contributed by atoms with Crippen molar-refractivity contribution < 1.29 is 14.3 Å². The lowest BCUT2D eigenvalue weighted by atomic mass is 10.3. The Labute approximate surface area is 61.5 Å². The lowest BCUT2D eigenvalue weighted by molar-refractivity contribution is 0.0685. The van der Waals surface area contributed by atoms with Crippen LogP contribution in [0.4, 0.5) is 10.2 Å². The Bertz CT molecular complexity index is 301. The van der Waals surface area contributed by atoms with E-state index in [9.17, 15) is 9.18 Å². The second kappa shape index (κ2) is 2.53. The molecule has 0 atom stereocenters. The second-order valence-corrected chi connectivity index (χ2v) is 1.87. The summed E-state index contributed by atoms with van der Waals surface area (Å²) in [5.74, 6) is -2.31. The summed E-state index contributed by atoms with van der Waals surface area (Å²) >= 11 is 0. The molecular weight excluding hydrogens is 151 g/mol. The minimum Gasteiger partial charge on any atom is -0.476 e. The fourth-order valence-corrected chi connectivity index (χ4v) is 0.607. The Morgan fingerprint density at radius 3 is 2.73 bits per heavy atom. The highest BCUT2D eigenvalue weighted by Gasteiger charge is 2.11. The maximum Gasteiger partial charge on any atom is 0.357 e. The molecule has 58 valence electrons. The highest BCUT2D eigenvalue weighted by molar-refractivity contribution is 5.85. The summed E-state index contributed by atoms with van der Waals surface area (Å²) in [6.45, 7) is 0. The Balaban J connectivity index is 3.23. The summed E-state index contributed by atoms with van der Waals surface area (Å²) in [6.07, 6.45) is 0. The van der Waals surface area contributed by atoms with E-state index in [0.717, 1.165) is 6.07 Å². The van der Waals surface area contributed by atoms with E-state index < -0.39 is 17.5 Å². The van der Waals surface area contributed by atoms with Crippen LogP contribution in [0.3, 0.4) is 0 Å². The molecule has 0 bridgehead atoms. The fraction of sp³-hybridized carbons (Fsp3) is 0. The molecule has 1 aromatic rings. The zero-order chi connectivity index (χ0) is 8.43. The van der Waals surface area contributed by atoms with E-state index in [1.54, 1.807) is 0 Å². The molecular formula is C6H5FN2O2. The van der Waals surface area contributed by atoms with E-state index >= 15 is 0 Å². The lowest BCUT2D eigenvalue weighted by Gasteiger charge is -1.96. The minimum absolute atomic E-state index is 0.0104. The van der Waals surface area contributed by atoms with Crippen molar-refractivity contribution in [2.24, 2.45) is 0 Å². The molecule has 5 heteroatoms. The van der Waals surface area contributed by atoms with E-state index in [1.807, 2.05) is 0 Å². The van der Waals surface area contributed by atoms with Crippen molar-refractivity contribution >= 4 is 11.8 Å². The SMILES string of the molecule is Nc1ccc(F)c(C(=O)O)n1. The molecule has 4 nitrogen and oxygen atoms in total. The fourth-order valence-electron chi connectivity index (χ4n) is 0.607. The van der Waals surface area contributed by atoms with Crippen LogP contribution in [-0.2, 0) is 0 Å². The number of carboxylic acid groups (broad SMARTS) is 1. The van der Waals surface area contributed by atoms with Crippen LogP contribution in [0.15, 0.2) is 12.1 Å². The van der Waals surface area contributed by atoms with Gasteiger partial charge in [-0.2, -0.15) is 0 Å². The van der Waals surface area contributed by atoms with Crippen LogP contribution in [0, 0.1) is 5.82 Å². The van der Waals surface area contributed by atoms with Crippen LogP contribution in [0.5, 0.6) is 0 Å². The molecule has 0 radical (unpaired) electrons. The molecule has 0 aliphatic rings. The van der Waals surface area contributed by atoms with Gasteiger partial charge >= 0.3 is 5.97 Å². The first kappa shape index (κ1) is 7.46. The Hall–Kier alpha value is -1.65. The predicted molar refractivity (Wildman–Crippen MR) is 35.6 cm³/mol. The monoisotopic (exact) mass is 156 g/mol. The maximum atomic E-state index is 12.5. The van der Waals surface area contributed by atoms with Crippen LogP contribution < -0.4 is 5.73 Å². The van der Waals surface area contributed by atoms with Crippen molar-refractivity contribution in [3.63, 3.8) is 0 Å². The van der Waals surface area contributed by atoms with Gasteiger partial charge in [-0.1, -0.05) is 0 Å². The molecule has 1 heterocycles. The molecule has 1 rings (SSSR count). The third-order valence-electron chi connectivity index (χ3n) is 1.07. The highest BCUT2D eigenvalue weighted by atomic mass is 19.1. The summed E-state index contributed by atoms with van der Waals surface area (Å²) < 4.78 is 12.5. The van der Waals surface area contributed by atoms with Crippen molar-refractivity contribution in [1.82, 2.24) is 4.98 Å². The van der Waals surface area contributed by atoms with Gasteiger partial charge in [0.15, 0.2) is 11.5 Å². The van der Waals surface area contributed by atoms with Crippen LogP contribution in [-0.4, -0.2) is 16.1 Å². The molecule has 11 heavy (non-hydrogen) atoms. The van der Waals surface area contributed by atoms with Crippen LogP contribution in [0.2, 0.25) is 0 Å². The van der Waals surface area contributed by atoms with Crippen molar-refractivity contribution in [3.8, 4) is 0 Å². The third kappa shape index (κ3) is 1.43. The largest absolute Gasteiger partial charge is 0.476 e. The topological polar surface area (TPSA) is 76.2 Å². The molecule has 1 aromatic heterocycles. The number of hydrogen-bond donors (Lipinski definition) is 2. The van der Waals surface area contributed by atoms with Crippen molar-refractivity contribution in [1.29, 1.82) is 0 Å². The van der Waals surface area contributed by atoms with Gasteiger partial charge in [0.05, 0.1) is 0 Å². The van der Waals surface area contributed by atoms with Crippen LogP contribution in [0.25, 0.3) is 0 Å². The van der Waals surface area contributed by atoms with E-state index in [4.69, 9.17) is 10.8 Å². The quantitative estimate of drug-likeness (QED) is 0.620. The van der Waals surface area contributed by atoms with Gasteiger partial charge in [0.2, 0.25) is 0 Å². The number of halogens is 1. The molecule has 0 aliphatic heterocycles. The van der Waals surface area contributed by atoms with Gasteiger partial charge in [-0.15, -0.1) is 0 Å². The number of carbonyl (C=O) groups is 1. The average molecular weight is 156 g/mol. The van der Waals surface area contributed by atoms with Gasteiger partial charge in [0.25, 0.3) is 0 Å². The van der Waals surface area contributed by atoms with E-state index in [0.29, 0.717) is 0 Å². The summed E-state index contributed by atoms with van der Waals surface area (Å²) in [7, 11) is 0. The first-order valence-electron chi connectivity index (χ1n) is 2.76. The third-order valence-corrected chi connectivity index (χ3v) is 1.07. The zero-order valence-electron chi connectivity index (χ0n) is 5.41. The second-order valence-electron chi connectivity index (χ2n) is 1.87. The molecule has 0 aliphatic carbocycles. The number of aromatic carboxylic acids is 1. The Morgan fingerprint density at radius 2 is 2.27 bits per heavy atom. The Morgan fingerprint density at radius 1 is 1.64 bits per heavy atom. The molecule has 0 fully saturated rings. The highest BCUT2D eigenvalue weighted by Crippen LogP contribution is 2.06. The number of rotatable bonds is 1. The molecule has 3 N–H and O–H groups in total. The van der Waals surface area contributed by atoms with Gasteiger partial charge in [-0.05, 0) is 12.1 Å². The molecule has 0 saturated heterocycles. The van der Waals surface area contributed by atoms with Gasteiger partial charge in [0.1, 0.15) is 5.82 Å². The smallest absolute Gasteiger partial charge is 0.357 e. The first-order chi connectivity index (χ1) is 5.11. The maximum absolute atomic E-state index is 12.5. The van der Waals surface area contributed by atoms with Crippen LogP contribution in [0.1, 0.15) is 10.5 Å². The molecule has 0 aromatic carbocycles. The molecule has 0 amide bonds. The number of hydrogen-bond acceptors (Lipinski definition) is 3. The normalized spacial score (nSPS) is 9.55. The first-order valence-corrected chi connectivity index (χ1v) is 2.76. The van der Waals surface area contributed by atoms with Crippen LogP contribution >= 0.6 is 0 Å². The van der Waals surface area contributed by atoms with E-state index in [2.05, 4.69) is 4.98 Å². The Kier molecular flexibility index (Phi) is 1.72.